The highest BCUT2D eigenvalue weighted by molar-refractivity contribution is 5.98. The van der Waals surface area contributed by atoms with Gasteiger partial charge in [-0.1, -0.05) is 31.0 Å². The molecule has 0 bridgehead atoms. The van der Waals surface area contributed by atoms with E-state index in [1.54, 1.807) is 0 Å². The summed E-state index contributed by atoms with van der Waals surface area (Å²) in [6.07, 6.45) is 11.0. The molecule has 0 aromatic heterocycles. The number of hydrogen-bond donors (Lipinski definition) is 1. The van der Waals surface area contributed by atoms with Gasteiger partial charge in [0.25, 0.3) is 0 Å². The molecule has 2 saturated carbocycles. The molecule has 3 heteroatoms. The number of hydrogen-bond acceptors (Lipinski definition) is 3. The number of rotatable bonds is 1. The Kier molecular flexibility index (Phi) is 2.98. The van der Waals surface area contributed by atoms with Gasteiger partial charge in [-0.15, -0.1) is 0 Å². The largest absolute Gasteiger partial charge is 0.369 e. The summed E-state index contributed by atoms with van der Waals surface area (Å²) in [5.74, 6) is 0.712. The van der Waals surface area contributed by atoms with Crippen molar-refractivity contribution in [3.05, 3.63) is 30.3 Å². The predicted molar refractivity (Wildman–Crippen MR) is 87.5 cm³/mol. The van der Waals surface area contributed by atoms with Crippen molar-refractivity contribution in [2.45, 2.75) is 56.9 Å². The predicted octanol–water partition coefficient (Wildman–Crippen LogP) is 3.69. The fraction of sp³-hybridized carbons (Fsp3) is 0.611. The number of anilines is 1. The van der Waals surface area contributed by atoms with Gasteiger partial charge >= 0.3 is 0 Å². The Hall–Kier alpha value is -1.51. The Morgan fingerprint density at radius 1 is 0.905 bits per heavy atom. The van der Waals surface area contributed by atoms with Gasteiger partial charge in [0.2, 0.25) is 0 Å². The summed E-state index contributed by atoms with van der Waals surface area (Å²) in [6.45, 7) is 0.879. The zero-order valence-corrected chi connectivity index (χ0v) is 12.7. The summed E-state index contributed by atoms with van der Waals surface area (Å²) < 4.78 is 0. The van der Waals surface area contributed by atoms with Crippen LogP contribution in [0.1, 0.15) is 51.4 Å². The maximum atomic E-state index is 6.24. The Bertz CT molecular complexity index is 533. The lowest BCUT2D eigenvalue weighted by molar-refractivity contribution is 0.143. The molecule has 21 heavy (non-hydrogen) atoms. The molecule has 1 aliphatic heterocycles. The second kappa shape index (κ2) is 4.75. The fourth-order valence-corrected chi connectivity index (χ4v) is 4.85. The van der Waals surface area contributed by atoms with Crippen LogP contribution in [-0.2, 0) is 0 Å². The van der Waals surface area contributed by atoms with Crippen molar-refractivity contribution >= 4 is 11.6 Å². The van der Waals surface area contributed by atoms with E-state index in [0.717, 1.165) is 6.54 Å². The van der Waals surface area contributed by atoms with Crippen LogP contribution in [0.4, 0.5) is 5.69 Å². The summed E-state index contributed by atoms with van der Waals surface area (Å²) in [4.78, 5) is 6.93. The molecule has 3 aliphatic rings. The van der Waals surface area contributed by atoms with E-state index in [4.69, 9.17) is 5.73 Å². The molecule has 2 N–H and O–H groups in total. The standard InChI is InChI=1S/C18H25N3/c19-16-20-14-18(21(16)15-6-2-1-3-7-15)12-10-17(11-13-18)8-4-5-9-17/h1-3,6-7H,4-5,8-14H2,(H2,19,20). The Labute approximate surface area is 127 Å². The van der Waals surface area contributed by atoms with Crippen molar-refractivity contribution in [3.63, 3.8) is 0 Å². The van der Waals surface area contributed by atoms with E-state index in [0.29, 0.717) is 11.4 Å². The second-order valence-corrected chi connectivity index (χ2v) is 7.28. The van der Waals surface area contributed by atoms with Gasteiger partial charge < -0.3 is 10.6 Å². The highest BCUT2D eigenvalue weighted by atomic mass is 15.4. The van der Waals surface area contributed by atoms with Crippen molar-refractivity contribution in [1.29, 1.82) is 0 Å². The second-order valence-electron chi connectivity index (χ2n) is 7.28. The summed E-state index contributed by atoms with van der Waals surface area (Å²) in [6, 6.07) is 10.6. The quantitative estimate of drug-likeness (QED) is 0.854. The first-order valence-corrected chi connectivity index (χ1v) is 8.38. The van der Waals surface area contributed by atoms with Crippen LogP contribution in [0.5, 0.6) is 0 Å². The van der Waals surface area contributed by atoms with Crippen LogP contribution in [0.25, 0.3) is 0 Å². The van der Waals surface area contributed by atoms with Crippen molar-refractivity contribution in [2.75, 3.05) is 11.4 Å². The topological polar surface area (TPSA) is 41.6 Å². The molecular formula is C18H25N3. The molecule has 0 saturated heterocycles. The zero-order valence-electron chi connectivity index (χ0n) is 12.7. The summed E-state index contributed by atoms with van der Waals surface area (Å²) in [7, 11) is 0. The summed E-state index contributed by atoms with van der Waals surface area (Å²) in [5, 5.41) is 0. The molecule has 112 valence electrons. The summed E-state index contributed by atoms with van der Waals surface area (Å²) in [5.41, 5.74) is 8.25. The van der Waals surface area contributed by atoms with E-state index in [1.807, 2.05) is 0 Å². The van der Waals surface area contributed by atoms with Crippen LogP contribution in [0.15, 0.2) is 35.3 Å². The minimum Gasteiger partial charge on any atom is -0.369 e. The van der Waals surface area contributed by atoms with E-state index < -0.39 is 0 Å². The molecule has 1 aromatic carbocycles. The van der Waals surface area contributed by atoms with Gasteiger partial charge in [-0.3, -0.25) is 4.99 Å². The average Bonchev–Trinajstić information content (AvgIpc) is 3.10. The van der Waals surface area contributed by atoms with Crippen LogP contribution in [0.3, 0.4) is 0 Å². The number of nitrogens with zero attached hydrogens (tertiary/aromatic N) is 2. The van der Waals surface area contributed by atoms with Gasteiger partial charge in [-0.2, -0.15) is 0 Å². The van der Waals surface area contributed by atoms with Gasteiger partial charge in [0, 0.05) is 5.69 Å². The number of guanidine groups is 1. The number of para-hydroxylation sites is 1. The zero-order chi connectivity index (χ0) is 14.3. The lowest BCUT2D eigenvalue weighted by Gasteiger charge is -2.47. The molecule has 3 nitrogen and oxygen atoms in total. The van der Waals surface area contributed by atoms with Crippen molar-refractivity contribution < 1.29 is 0 Å². The molecule has 2 aliphatic carbocycles. The van der Waals surface area contributed by atoms with Gasteiger partial charge in [0.05, 0.1) is 12.1 Å². The Morgan fingerprint density at radius 3 is 2.24 bits per heavy atom. The molecule has 0 amide bonds. The first-order valence-electron chi connectivity index (χ1n) is 8.38. The molecule has 1 aromatic rings. The third kappa shape index (κ3) is 2.05. The number of aliphatic imine (C=N–C) groups is 1. The monoisotopic (exact) mass is 283 g/mol. The van der Waals surface area contributed by atoms with Crippen molar-refractivity contribution in [1.82, 2.24) is 0 Å². The van der Waals surface area contributed by atoms with Crippen LogP contribution in [-0.4, -0.2) is 18.0 Å². The van der Waals surface area contributed by atoms with Gasteiger partial charge in [-0.25, -0.2) is 0 Å². The smallest absolute Gasteiger partial charge is 0.196 e. The maximum Gasteiger partial charge on any atom is 0.196 e. The van der Waals surface area contributed by atoms with Gasteiger partial charge in [0.1, 0.15) is 0 Å². The highest BCUT2D eigenvalue weighted by Gasteiger charge is 2.49. The normalized spacial score (nSPS) is 26.5. The van der Waals surface area contributed by atoms with E-state index in [-0.39, 0.29) is 5.54 Å². The first kappa shape index (κ1) is 13.2. The fourth-order valence-electron chi connectivity index (χ4n) is 4.85. The van der Waals surface area contributed by atoms with E-state index in [1.165, 1.54) is 57.1 Å². The molecular weight excluding hydrogens is 258 g/mol. The maximum absolute atomic E-state index is 6.24. The van der Waals surface area contributed by atoms with Crippen LogP contribution in [0, 0.1) is 5.41 Å². The highest BCUT2D eigenvalue weighted by Crippen LogP contribution is 2.53. The van der Waals surface area contributed by atoms with Crippen molar-refractivity contribution in [2.24, 2.45) is 16.1 Å². The lowest BCUT2D eigenvalue weighted by atomic mass is 9.66. The Balaban J connectivity index is 1.60. The van der Waals surface area contributed by atoms with Gasteiger partial charge in [-0.05, 0) is 56.1 Å². The molecule has 2 fully saturated rings. The third-order valence-electron chi connectivity index (χ3n) is 6.16. The molecule has 1 heterocycles. The molecule has 4 rings (SSSR count). The first-order chi connectivity index (χ1) is 10.2. The van der Waals surface area contributed by atoms with E-state index in [2.05, 4.69) is 40.2 Å². The van der Waals surface area contributed by atoms with E-state index in [9.17, 15) is 0 Å². The molecule has 0 unspecified atom stereocenters. The van der Waals surface area contributed by atoms with E-state index >= 15 is 0 Å². The third-order valence-corrected chi connectivity index (χ3v) is 6.16. The minimum atomic E-state index is 0.152. The molecule has 2 spiro atoms. The van der Waals surface area contributed by atoms with Crippen LogP contribution >= 0.6 is 0 Å². The van der Waals surface area contributed by atoms with Crippen LogP contribution < -0.4 is 10.6 Å². The Morgan fingerprint density at radius 2 is 1.57 bits per heavy atom. The molecule has 0 atom stereocenters. The summed E-state index contributed by atoms with van der Waals surface area (Å²) >= 11 is 0. The molecule has 0 radical (unpaired) electrons. The number of nitrogens with two attached hydrogens (primary N) is 1. The average molecular weight is 283 g/mol. The lowest BCUT2D eigenvalue weighted by Crippen LogP contribution is -2.54. The van der Waals surface area contributed by atoms with Crippen LogP contribution in [0.2, 0.25) is 0 Å². The number of benzene rings is 1. The SMILES string of the molecule is NC1=NCC2(CCC3(CCCC3)CC2)N1c1ccccc1. The van der Waals surface area contributed by atoms with Crippen molar-refractivity contribution in [3.8, 4) is 0 Å². The minimum absolute atomic E-state index is 0.152. The van der Waals surface area contributed by atoms with Gasteiger partial charge in [0.15, 0.2) is 5.96 Å².